The first-order valence-corrected chi connectivity index (χ1v) is 6.89. The number of nitrogens with one attached hydrogen (secondary N) is 1. The fraction of sp³-hybridized carbons (Fsp3) is 0.235. The lowest BCUT2D eigenvalue weighted by Crippen LogP contribution is -2.32. The Morgan fingerprint density at radius 3 is 2.67 bits per heavy atom. The van der Waals surface area contributed by atoms with E-state index in [1.165, 1.54) is 12.1 Å². The number of rotatable bonds is 5. The summed E-state index contributed by atoms with van der Waals surface area (Å²) in [5.41, 5.74) is 1.21. The summed E-state index contributed by atoms with van der Waals surface area (Å²) in [6, 6.07) is 13.5. The van der Waals surface area contributed by atoms with Crippen LogP contribution in [-0.4, -0.2) is 12.0 Å². The van der Waals surface area contributed by atoms with Crippen LogP contribution in [0.15, 0.2) is 48.5 Å². The highest BCUT2D eigenvalue weighted by Crippen LogP contribution is 2.17. The van der Waals surface area contributed by atoms with Crippen molar-refractivity contribution in [3.8, 4) is 5.75 Å². The second kappa shape index (κ2) is 6.88. The molecule has 110 valence electrons. The Labute approximate surface area is 123 Å². The van der Waals surface area contributed by atoms with Crippen molar-refractivity contribution in [3.05, 3.63) is 59.9 Å². The molecule has 0 fully saturated rings. The Morgan fingerprint density at radius 2 is 2.00 bits per heavy atom. The summed E-state index contributed by atoms with van der Waals surface area (Å²) in [6.07, 6.45) is -0.166. The molecule has 1 atom stereocenters. The van der Waals surface area contributed by atoms with Crippen molar-refractivity contribution < 1.29 is 13.9 Å². The zero-order chi connectivity index (χ0) is 15.2. The van der Waals surface area contributed by atoms with E-state index in [0.717, 1.165) is 5.56 Å². The quantitative estimate of drug-likeness (QED) is 0.905. The van der Waals surface area contributed by atoms with Crippen molar-refractivity contribution in [1.82, 2.24) is 0 Å². The van der Waals surface area contributed by atoms with Crippen LogP contribution in [0.4, 0.5) is 10.1 Å². The van der Waals surface area contributed by atoms with Gasteiger partial charge in [0, 0.05) is 0 Å². The molecule has 0 spiro atoms. The zero-order valence-corrected chi connectivity index (χ0v) is 12.1. The Hall–Kier alpha value is -2.36. The molecule has 21 heavy (non-hydrogen) atoms. The maximum Gasteiger partial charge on any atom is 0.265 e. The van der Waals surface area contributed by atoms with Gasteiger partial charge in [0.05, 0.1) is 5.69 Å². The van der Waals surface area contributed by atoms with Crippen LogP contribution in [0.3, 0.4) is 0 Å². The molecule has 0 heterocycles. The molecule has 0 bridgehead atoms. The smallest absolute Gasteiger partial charge is 0.265 e. The van der Waals surface area contributed by atoms with Crippen LogP contribution in [0.25, 0.3) is 0 Å². The van der Waals surface area contributed by atoms with Crippen LogP contribution in [0, 0.1) is 12.7 Å². The average molecular weight is 287 g/mol. The lowest BCUT2D eigenvalue weighted by molar-refractivity contribution is -0.122. The number of hydrogen-bond donors (Lipinski definition) is 1. The van der Waals surface area contributed by atoms with Gasteiger partial charge in [0.2, 0.25) is 0 Å². The molecular formula is C17H18FNO2. The number of hydrogen-bond acceptors (Lipinski definition) is 2. The Kier molecular flexibility index (Phi) is 4.93. The van der Waals surface area contributed by atoms with Gasteiger partial charge in [-0.3, -0.25) is 4.79 Å². The van der Waals surface area contributed by atoms with Gasteiger partial charge in [0.15, 0.2) is 6.10 Å². The van der Waals surface area contributed by atoms with E-state index in [0.29, 0.717) is 12.2 Å². The summed E-state index contributed by atoms with van der Waals surface area (Å²) in [7, 11) is 0. The molecule has 1 N–H and O–H groups in total. The topological polar surface area (TPSA) is 38.3 Å². The number of benzene rings is 2. The first-order valence-electron chi connectivity index (χ1n) is 6.89. The van der Waals surface area contributed by atoms with E-state index in [1.807, 2.05) is 32.0 Å². The van der Waals surface area contributed by atoms with Crippen molar-refractivity contribution in [2.45, 2.75) is 26.4 Å². The molecule has 0 saturated heterocycles. The minimum absolute atomic E-state index is 0.161. The highest BCUT2D eigenvalue weighted by atomic mass is 19.1. The maximum absolute atomic E-state index is 13.5. The normalized spacial score (nSPS) is 11.8. The van der Waals surface area contributed by atoms with Gasteiger partial charge in [-0.15, -0.1) is 0 Å². The molecule has 0 aliphatic heterocycles. The first kappa shape index (κ1) is 15.0. The molecule has 0 saturated carbocycles. The molecule has 2 rings (SSSR count). The van der Waals surface area contributed by atoms with E-state index in [2.05, 4.69) is 5.32 Å². The van der Waals surface area contributed by atoms with Gasteiger partial charge < -0.3 is 10.1 Å². The van der Waals surface area contributed by atoms with E-state index in [9.17, 15) is 9.18 Å². The van der Waals surface area contributed by atoms with Crippen LogP contribution >= 0.6 is 0 Å². The van der Waals surface area contributed by atoms with Gasteiger partial charge in [0.25, 0.3) is 5.91 Å². The predicted octanol–water partition coefficient (Wildman–Crippen LogP) is 3.93. The Morgan fingerprint density at radius 1 is 1.24 bits per heavy atom. The molecular weight excluding hydrogens is 269 g/mol. The number of aryl methyl sites for hydroxylation is 1. The first-order chi connectivity index (χ1) is 10.1. The predicted molar refractivity (Wildman–Crippen MR) is 80.9 cm³/mol. The molecule has 0 aromatic heterocycles. The molecule has 0 radical (unpaired) electrons. The van der Waals surface area contributed by atoms with Gasteiger partial charge >= 0.3 is 0 Å². The minimum atomic E-state index is -0.661. The Balaban J connectivity index is 2.07. The third kappa shape index (κ3) is 4.05. The fourth-order valence-corrected chi connectivity index (χ4v) is 1.95. The maximum atomic E-state index is 13.5. The van der Waals surface area contributed by atoms with Crippen LogP contribution in [0.5, 0.6) is 5.75 Å². The molecule has 1 amide bonds. The second-order valence-corrected chi connectivity index (χ2v) is 4.80. The third-order valence-electron chi connectivity index (χ3n) is 3.06. The second-order valence-electron chi connectivity index (χ2n) is 4.80. The largest absolute Gasteiger partial charge is 0.481 e. The third-order valence-corrected chi connectivity index (χ3v) is 3.06. The molecule has 0 unspecified atom stereocenters. The van der Waals surface area contributed by atoms with Crippen molar-refractivity contribution in [3.63, 3.8) is 0 Å². The van der Waals surface area contributed by atoms with Crippen molar-refractivity contribution in [1.29, 1.82) is 0 Å². The summed E-state index contributed by atoms with van der Waals surface area (Å²) >= 11 is 0. The number of anilines is 1. The molecule has 2 aromatic carbocycles. The Bertz CT molecular complexity index is 628. The number of para-hydroxylation sites is 1. The zero-order valence-electron chi connectivity index (χ0n) is 12.1. The molecule has 3 nitrogen and oxygen atoms in total. The minimum Gasteiger partial charge on any atom is -0.481 e. The van der Waals surface area contributed by atoms with Crippen LogP contribution in [-0.2, 0) is 4.79 Å². The summed E-state index contributed by atoms with van der Waals surface area (Å²) in [5, 5.41) is 2.56. The lowest BCUT2D eigenvalue weighted by atomic mass is 10.2. The number of carbonyl (C=O) groups excluding carboxylic acids is 1. The van der Waals surface area contributed by atoms with E-state index in [1.54, 1.807) is 18.2 Å². The summed E-state index contributed by atoms with van der Waals surface area (Å²) in [6.45, 7) is 3.80. The van der Waals surface area contributed by atoms with Gasteiger partial charge in [-0.25, -0.2) is 4.39 Å². The number of ether oxygens (including phenoxy) is 1. The highest BCUT2D eigenvalue weighted by Gasteiger charge is 2.19. The van der Waals surface area contributed by atoms with Gasteiger partial charge in [-0.1, -0.05) is 31.2 Å². The van der Waals surface area contributed by atoms with E-state index < -0.39 is 11.9 Å². The summed E-state index contributed by atoms with van der Waals surface area (Å²) in [5.74, 6) is -0.189. The van der Waals surface area contributed by atoms with Gasteiger partial charge in [0.1, 0.15) is 11.6 Å². The monoisotopic (exact) mass is 287 g/mol. The fourth-order valence-electron chi connectivity index (χ4n) is 1.95. The lowest BCUT2D eigenvalue weighted by Gasteiger charge is -2.17. The SMILES string of the molecule is CC[C@@H](Oc1cccc(C)c1)C(=O)Nc1ccccc1F. The summed E-state index contributed by atoms with van der Waals surface area (Å²) < 4.78 is 19.2. The number of amides is 1. The van der Waals surface area contributed by atoms with Gasteiger partial charge in [-0.05, 0) is 43.2 Å². The van der Waals surface area contributed by atoms with Crippen LogP contribution in [0.1, 0.15) is 18.9 Å². The molecule has 4 heteroatoms. The van der Waals surface area contributed by atoms with Crippen molar-refractivity contribution >= 4 is 11.6 Å². The van der Waals surface area contributed by atoms with Crippen molar-refractivity contribution in [2.75, 3.05) is 5.32 Å². The highest BCUT2D eigenvalue weighted by molar-refractivity contribution is 5.94. The number of halogens is 1. The van der Waals surface area contributed by atoms with Crippen LogP contribution < -0.4 is 10.1 Å². The molecule has 0 aliphatic carbocycles. The van der Waals surface area contributed by atoms with E-state index in [4.69, 9.17) is 4.74 Å². The van der Waals surface area contributed by atoms with Crippen LogP contribution in [0.2, 0.25) is 0 Å². The molecule has 2 aromatic rings. The summed E-state index contributed by atoms with van der Waals surface area (Å²) in [4.78, 5) is 12.2. The van der Waals surface area contributed by atoms with Crippen molar-refractivity contribution in [2.24, 2.45) is 0 Å². The van der Waals surface area contributed by atoms with Gasteiger partial charge in [-0.2, -0.15) is 0 Å². The van der Waals surface area contributed by atoms with E-state index in [-0.39, 0.29) is 11.6 Å². The van der Waals surface area contributed by atoms with E-state index >= 15 is 0 Å². The standard InChI is InChI=1S/C17H18FNO2/c1-3-16(21-13-8-6-7-12(2)11-13)17(20)19-15-10-5-4-9-14(15)18/h4-11,16H,3H2,1-2H3,(H,19,20)/t16-/m1/s1. The average Bonchev–Trinajstić information content (AvgIpc) is 2.47. The molecule has 0 aliphatic rings. The number of carbonyl (C=O) groups is 1.